The maximum Gasteiger partial charge on any atom is 0.123 e. The van der Waals surface area contributed by atoms with Gasteiger partial charge in [0.15, 0.2) is 0 Å². The van der Waals surface area contributed by atoms with Gasteiger partial charge in [0.05, 0.1) is 0 Å². The first kappa shape index (κ1) is 10.3. The number of anilines is 1. The summed E-state index contributed by atoms with van der Waals surface area (Å²) in [6.45, 7) is 3.95. The van der Waals surface area contributed by atoms with E-state index in [-0.39, 0.29) is 5.82 Å². The van der Waals surface area contributed by atoms with Gasteiger partial charge < -0.3 is 4.90 Å². The zero-order valence-electron chi connectivity index (χ0n) is 9.78. The van der Waals surface area contributed by atoms with Gasteiger partial charge in [-0.25, -0.2) is 4.39 Å². The van der Waals surface area contributed by atoms with E-state index in [0.29, 0.717) is 0 Å². The van der Waals surface area contributed by atoms with Crippen LogP contribution in [0.3, 0.4) is 0 Å². The molecule has 0 aliphatic carbocycles. The molecule has 0 atom stereocenters. The second kappa shape index (κ2) is 3.88. The molecular formula is C15H14FN. The molecule has 0 unspecified atom stereocenters. The molecule has 0 N–H and O–H groups in total. The smallest absolute Gasteiger partial charge is 0.123 e. The monoisotopic (exact) mass is 227 g/mol. The number of fused-ring (bicyclic) bond motifs is 1. The molecule has 17 heavy (non-hydrogen) atoms. The number of benzene rings is 2. The molecule has 0 saturated heterocycles. The molecule has 2 aromatic rings. The van der Waals surface area contributed by atoms with E-state index >= 15 is 0 Å². The molecule has 0 radical (unpaired) electrons. The maximum absolute atomic E-state index is 12.9. The minimum Gasteiger partial charge on any atom is -0.363 e. The summed E-state index contributed by atoms with van der Waals surface area (Å²) in [5.74, 6) is -0.179. The first-order valence-corrected chi connectivity index (χ1v) is 5.81. The Labute approximate surface area is 101 Å². The van der Waals surface area contributed by atoms with E-state index in [1.807, 2.05) is 12.1 Å². The van der Waals surface area contributed by atoms with Crippen LogP contribution in [0.5, 0.6) is 0 Å². The largest absolute Gasteiger partial charge is 0.363 e. The summed E-state index contributed by atoms with van der Waals surface area (Å²) in [4.78, 5) is 2.27. The normalized spacial score (nSPS) is 13.9. The SMILES string of the molecule is Cc1ccc2c(c1)CN(c1ccc(F)cc1)C2. The van der Waals surface area contributed by atoms with Gasteiger partial charge >= 0.3 is 0 Å². The molecule has 2 aromatic carbocycles. The molecule has 0 aromatic heterocycles. The zero-order valence-corrected chi connectivity index (χ0v) is 9.78. The van der Waals surface area contributed by atoms with Crippen molar-refractivity contribution in [3.8, 4) is 0 Å². The van der Waals surface area contributed by atoms with Crippen LogP contribution in [0.1, 0.15) is 16.7 Å². The summed E-state index contributed by atoms with van der Waals surface area (Å²) in [5, 5.41) is 0. The van der Waals surface area contributed by atoms with Crippen LogP contribution in [-0.2, 0) is 13.1 Å². The van der Waals surface area contributed by atoms with Crippen molar-refractivity contribution in [2.45, 2.75) is 20.0 Å². The molecule has 0 spiro atoms. The second-order valence-electron chi connectivity index (χ2n) is 4.60. The van der Waals surface area contributed by atoms with Gasteiger partial charge in [-0.1, -0.05) is 23.8 Å². The topological polar surface area (TPSA) is 3.24 Å². The van der Waals surface area contributed by atoms with Crippen molar-refractivity contribution < 1.29 is 4.39 Å². The summed E-state index contributed by atoms with van der Waals surface area (Å²) in [6.07, 6.45) is 0. The van der Waals surface area contributed by atoms with Crippen LogP contribution in [0.15, 0.2) is 42.5 Å². The fraction of sp³-hybridized carbons (Fsp3) is 0.200. The molecule has 0 saturated carbocycles. The Morgan fingerprint density at radius 3 is 2.41 bits per heavy atom. The van der Waals surface area contributed by atoms with E-state index in [1.54, 1.807) is 0 Å². The molecule has 1 nitrogen and oxygen atoms in total. The number of rotatable bonds is 1. The van der Waals surface area contributed by atoms with E-state index in [4.69, 9.17) is 0 Å². The third-order valence-corrected chi connectivity index (χ3v) is 3.28. The Balaban J connectivity index is 1.88. The number of aryl methyl sites for hydroxylation is 1. The van der Waals surface area contributed by atoms with Gasteiger partial charge in [0.2, 0.25) is 0 Å². The van der Waals surface area contributed by atoms with Gasteiger partial charge in [0, 0.05) is 18.8 Å². The van der Waals surface area contributed by atoms with Gasteiger partial charge in [-0.05, 0) is 42.3 Å². The van der Waals surface area contributed by atoms with Gasteiger partial charge in [-0.3, -0.25) is 0 Å². The lowest BCUT2D eigenvalue weighted by molar-refractivity contribution is 0.627. The lowest BCUT2D eigenvalue weighted by Crippen LogP contribution is -2.14. The molecule has 0 bridgehead atoms. The van der Waals surface area contributed by atoms with E-state index in [9.17, 15) is 4.39 Å². The van der Waals surface area contributed by atoms with Crippen molar-refractivity contribution >= 4 is 5.69 Å². The predicted molar refractivity (Wildman–Crippen MR) is 67.5 cm³/mol. The van der Waals surface area contributed by atoms with Gasteiger partial charge in [-0.15, -0.1) is 0 Å². The Kier molecular flexibility index (Phi) is 2.36. The quantitative estimate of drug-likeness (QED) is 0.718. The highest BCUT2D eigenvalue weighted by Crippen LogP contribution is 2.28. The first-order valence-electron chi connectivity index (χ1n) is 5.81. The van der Waals surface area contributed by atoms with Crippen LogP contribution >= 0.6 is 0 Å². The summed E-state index contributed by atoms with van der Waals surface area (Å²) in [7, 11) is 0. The van der Waals surface area contributed by atoms with Crippen LogP contribution in [0.25, 0.3) is 0 Å². The third-order valence-electron chi connectivity index (χ3n) is 3.28. The summed E-state index contributed by atoms with van der Waals surface area (Å²) in [6, 6.07) is 13.3. The summed E-state index contributed by atoms with van der Waals surface area (Å²) in [5.41, 5.74) is 5.14. The van der Waals surface area contributed by atoms with E-state index in [2.05, 4.69) is 30.0 Å². The number of halogens is 1. The first-order chi connectivity index (χ1) is 8.22. The minimum absolute atomic E-state index is 0.179. The fourth-order valence-electron chi connectivity index (χ4n) is 2.36. The average Bonchev–Trinajstić information content (AvgIpc) is 2.72. The van der Waals surface area contributed by atoms with Crippen LogP contribution in [-0.4, -0.2) is 0 Å². The van der Waals surface area contributed by atoms with Gasteiger partial charge in [0.25, 0.3) is 0 Å². The summed E-state index contributed by atoms with van der Waals surface area (Å²) >= 11 is 0. The van der Waals surface area contributed by atoms with Gasteiger partial charge in [0.1, 0.15) is 5.82 Å². The van der Waals surface area contributed by atoms with Crippen molar-refractivity contribution in [2.75, 3.05) is 4.90 Å². The molecule has 0 amide bonds. The molecule has 1 heterocycles. The number of hydrogen-bond acceptors (Lipinski definition) is 1. The van der Waals surface area contributed by atoms with Crippen molar-refractivity contribution in [1.82, 2.24) is 0 Å². The molecule has 2 heteroatoms. The molecule has 1 aliphatic heterocycles. The average molecular weight is 227 g/mol. The Morgan fingerprint density at radius 2 is 1.65 bits per heavy atom. The van der Waals surface area contributed by atoms with E-state index in [1.165, 1.54) is 28.8 Å². The number of nitrogens with zero attached hydrogens (tertiary/aromatic N) is 1. The van der Waals surface area contributed by atoms with Crippen LogP contribution in [0.4, 0.5) is 10.1 Å². The van der Waals surface area contributed by atoms with Crippen molar-refractivity contribution in [2.24, 2.45) is 0 Å². The second-order valence-corrected chi connectivity index (χ2v) is 4.60. The van der Waals surface area contributed by atoms with Crippen molar-refractivity contribution in [3.05, 3.63) is 65.0 Å². The Bertz CT molecular complexity index is 545. The van der Waals surface area contributed by atoms with Crippen molar-refractivity contribution in [3.63, 3.8) is 0 Å². The zero-order chi connectivity index (χ0) is 11.8. The Hall–Kier alpha value is -1.83. The standard InChI is InChI=1S/C15H14FN/c1-11-2-3-12-9-17(10-13(12)8-11)15-6-4-14(16)5-7-15/h2-8H,9-10H2,1H3. The molecular weight excluding hydrogens is 213 g/mol. The third kappa shape index (κ3) is 1.91. The summed E-state index contributed by atoms with van der Waals surface area (Å²) < 4.78 is 12.9. The molecule has 1 aliphatic rings. The number of hydrogen-bond donors (Lipinski definition) is 0. The highest BCUT2D eigenvalue weighted by molar-refractivity contribution is 5.52. The molecule has 3 rings (SSSR count). The maximum atomic E-state index is 12.9. The van der Waals surface area contributed by atoms with E-state index < -0.39 is 0 Å². The van der Waals surface area contributed by atoms with Crippen LogP contribution in [0, 0.1) is 12.7 Å². The van der Waals surface area contributed by atoms with Crippen molar-refractivity contribution in [1.29, 1.82) is 0 Å². The highest BCUT2D eigenvalue weighted by atomic mass is 19.1. The lowest BCUT2D eigenvalue weighted by atomic mass is 10.1. The highest BCUT2D eigenvalue weighted by Gasteiger charge is 2.18. The van der Waals surface area contributed by atoms with Crippen LogP contribution in [0.2, 0.25) is 0 Å². The predicted octanol–water partition coefficient (Wildman–Crippen LogP) is 3.65. The fourth-order valence-corrected chi connectivity index (χ4v) is 2.36. The van der Waals surface area contributed by atoms with Gasteiger partial charge in [-0.2, -0.15) is 0 Å². The lowest BCUT2D eigenvalue weighted by Gasteiger charge is -2.17. The van der Waals surface area contributed by atoms with Crippen LogP contribution < -0.4 is 4.90 Å². The van der Waals surface area contributed by atoms with E-state index in [0.717, 1.165) is 18.8 Å². The molecule has 86 valence electrons. The minimum atomic E-state index is -0.179. The molecule has 0 fully saturated rings. The Morgan fingerprint density at radius 1 is 0.941 bits per heavy atom.